The Hall–Kier alpha value is -1.88. The number of rotatable bonds is 5. The SMILES string of the molecule is CCCNC(=O)c1ccc(NC(=O)C2CCCN2)cc1. The Morgan fingerprint density at radius 1 is 1.30 bits per heavy atom. The van der Waals surface area contributed by atoms with Crippen LogP contribution < -0.4 is 16.0 Å². The molecule has 1 aromatic carbocycles. The van der Waals surface area contributed by atoms with Crippen molar-refractivity contribution < 1.29 is 9.59 Å². The summed E-state index contributed by atoms with van der Waals surface area (Å²) < 4.78 is 0. The summed E-state index contributed by atoms with van der Waals surface area (Å²) in [5.74, 6) is -0.0899. The molecule has 1 atom stereocenters. The number of benzene rings is 1. The Labute approximate surface area is 119 Å². The number of amides is 2. The second kappa shape index (κ2) is 7.05. The van der Waals surface area contributed by atoms with Crippen molar-refractivity contribution in [2.24, 2.45) is 0 Å². The van der Waals surface area contributed by atoms with E-state index in [1.54, 1.807) is 24.3 Å². The second-order valence-electron chi connectivity index (χ2n) is 4.97. The fourth-order valence-corrected chi connectivity index (χ4v) is 2.18. The zero-order chi connectivity index (χ0) is 14.4. The maximum atomic E-state index is 11.9. The molecule has 0 aromatic heterocycles. The zero-order valence-electron chi connectivity index (χ0n) is 11.7. The molecule has 1 fully saturated rings. The zero-order valence-corrected chi connectivity index (χ0v) is 11.7. The number of nitrogens with one attached hydrogen (secondary N) is 3. The Kier molecular flexibility index (Phi) is 5.12. The fourth-order valence-electron chi connectivity index (χ4n) is 2.18. The Bertz CT molecular complexity index is 465. The van der Waals surface area contributed by atoms with Crippen LogP contribution in [0.1, 0.15) is 36.5 Å². The third-order valence-corrected chi connectivity index (χ3v) is 3.33. The van der Waals surface area contributed by atoms with E-state index in [9.17, 15) is 9.59 Å². The van der Waals surface area contributed by atoms with Gasteiger partial charge in [-0.05, 0) is 50.1 Å². The molecule has 2 amide bonds. The number of carbonyl (C=O) groups is 2. The minimum atomic E-state index is -0.0949. The summed E-state index contributed by atoms with van der Waals surface area (Å²) in [6.45, 7) is 3.58. The monoisotopic (exact) mass is 275 g/mol. The van der Waals surface area contributed by atoms with Crippen molar-refractivity contribution in [3.8, 4) is 0 Å². The van der Waals surface area contributed by atoms with Crippen molar-refractivity contribution in [3.05, 3.63) is 29.8 Å². The summed E-state index contributed by atoms with van der Waals surface area (Å²) in [5, 5.41) is 8.83. The molecule has 3 N–H and O–H groups in total. The smallest absolute Gasteiger partial charge is 0.251 e. The Balaban J connectivity index is 1.90. The third kappa shape index (κ3) is 3.81. The van der Waals surface area contributed by atoms with Gasteiger partial charge in [-0.3, -0.25) is 9.59 Å². The molecule has 1 aliphatic rings. The van der Waals surface area contributed by atoms with E-state index >= 15 is 0 Å². The van der Waals surface area contributed by atoms with Crippen molar-refractivity contribution in [1.29, 1.82) is 0 Å². The first-order valence-corrected chi connectivity index (χ1v) is 7.13. The highest BCUT2D eigenvalue weighted by atomic mass is 16.2. The topological polar surface area (TPSA) is 70.2 Å². The van der Waals surface area contributed by atoms with Crippen LogP contribution in [0.25, 0.3) is 0 Å². The van der Waals surface area contributed by atoms with Crippen LogP contribution in [0.4, 0.5) is 5.69 Å². The summed E-state index contributed by atoms with van der Waals surface area (Å²) in [6, 6.07) is 6.87. The minimum Gasteiger partial charge on any atom is -0.352 e. The van der Waals surface area contributed by atoms with Crippen molar-refractivity contribution >= 4 is 17.5 Å². The van der Waals surface area contributed by atoms with Gasteiger partial charge in [0.05, 0.1) is 6.04 Å². The average molecular weight is 275 g/mol. The molecule has 2 rings (SSSR count). The molecular weight excluding hydrogens is 254 g/mol. The van der Waals surface area contributed by atoms with Crippen molar-refractivity contribution in [2.75, 3.05) is 18.4 Å². The quantitative estimate of drug-likeness (QED) is 0.763. The standard InChI is InChI=1S/C15H21N3O2/c1-2-9-17-14(19)11-5-7-12(8-6-11)18-15(20)13-4-3-10-16-13/h5-8,13,16H,2-4,9-10H2,1H3,(H,17,19)(H,18,20). The molecule has 5 heteroatoms. The van der Waals surface area contributed by atoms with Gasteiger partial charge in [0.25, 0.3) is 5.91 Å². The van der Waals surface area contributed by atoms with E-state index in [1.807, 2.05) is 6.92 Å². The van der Waals surface area contributed by atoms with E-state index in [2.05, 4.69) is 16.0 Å². The summed E-state index contributed by atoms with van der Waals surface area (Å²) >= 11 is 0. The lowest BCUT2D eigenvalue weighted by molar-refractivity contribution is -0.117. The summed E-state index contributed by atoms with van der Waals surface area (Å²) in [6.07, 6.45) is 2.83. The van der Waals surface area contributed by atoms with E-state index in [1.165, 1.54) is 0 Å². The van der Waals surface area contributed by atoms with Crippen LogP contribution in [0.3, 0.4) is 0 Å². The van der Waals surface area contributed by atoms with Crippen LogP contribution in [0.15, 0.2) is 24.3 Å². The molecule has 1 aromatic rings. The highest BCUT2D eigenvalue weighted by Gasteiger charge is 2.21. The van der Waals surface area contributed by atoms with E-state index in [-0.39, 0.29) is 17.9 Å². The van der Waals surface area contributed by atoms with Gasteiger partial charge >= 0.3 is 0 Å². The summed E-state index contributed by atoms with van der Waals surface area (Å²) in [4.78, 5) is 23.7. The number of hydrogen-bond donors (Lipinski definition) is 3. The summed E-state index contributed by atoms with van der Waals surface area (Å²) in [5.41, 5.74) is 1.33. The molecule has 1 saturated heterocycles. The van der Waals surface area contributed by atoms with Crippen LogP contribution in [-0.4, -0.2) is 30.9 Å². The van der Waals surface area contributed by atoms with Gasteiger partial charge in [-0.15, -0.1) is 0 Å². The van der Waals surface area contributed by atoms with E-state index < -0.39 is 0 Å². The van der Waals surface area contributed by atoms with Crippen molar-refractivity contribution in [1.82, 2.24) is 10.6 Å². The van der Waals surface area contributed by atoms with Crippen molar-refractivity contribution in [3.63, 3.8) is 0 Å². The average Bonchev–Trinajstić information content (AvgIpc) is 3.00. The molecule has 0 radical (unpaired) electrons. The van der Waals surface area contributed by atoms with Crippen molar-refractivity contribution in [2.45, 2.75) is 32.2 Å². The van der Waals surface area contributed by atoms with Gasteiger partial charge in [0.2, 0.25) is 5.91 Å². The van der Waals surface area contributed by atoms with Crippen LogP contribution in [0, 0.1) is 0 Å². The molecule has 108 valence electrons. The van der Waals surface area contributed by atoms with E-state index in [0.717, 1.165) is 31.5 Å². The van der Waals surface area contributed by atoms with Crippen LogP contribution in [-0.2, 0) is 4.79 Å². The maximum Gasteiger partial charge on any atom is 0.251 e. The molecule has 5 nitrogen and oxygen atoms in total. The molecule has 1 heterocycles. The highest BCUT2D eigenvalue weighted by molar-refractivity contribution is 5.97. The molecule has 20 heavy (non-hydrogen) atoms. The highest BCUT2D eigenvalue weighted by Crippen LogP contribution is 2.12. The van der Waals surface area contributed by atoms with Gasteiger partial charge in [-0.25, -0.2) is 0 Å². The maximum absolute atomic E-state index is 11.9. The largest absolute Gasteiger partial charge is 0.352 e. The number of hydrogen-bond acceptors (Lipinski definition) is 3. The first kappa shape index (κ1) is 14.5. The first-order chi connectivity index (χ1) is 9.70. The lowest BCUT2D eigenvalue weighted by Crippen LogP contribution is -2.35. The molecular formula is C15H21N3O2. The second-order valence-corrected chi connectivity index (χ2v) is 4.97. The fraction of sp³-hybridized carbons (Fsp3) is 0.467. The lowest BCUT2D eigenvalue weighted by atomic mass is 10.1. The molecule has 0 saturated carbocycles. The predicted octanol–water partition coefficient (Wildman–Crippen LogP) is 1.52. The third-order valence-electron chi connectivity index (χ3n) is 3.33. The van der Waals surface area contributed by atoms with Gasteiger partial charge in [-0.2, -0.15) is 0 Å². The Morgan fingerprint density at radius 2 is 2.05 bits per heavy atom. The van der Waals surface area contributed by atoms with Crippen LogP contribution in [0.5, 0.6) is 0 Å². The van der Waals surface area contributed by atoms with Crippen LogP contribution >= 0.6 is 0 Å². The summed E-state index contributed by atoms with van der Waals surface area (Å²) in [7, 11) is 0. The Morgan fingerprint density at radius 3 is 2.65 bits per heavy atom. The van der Waals surface area contributed by atoms with Gasteiger partial charge < -0.3 is 16.0 Å². The molecule has 1 unspecified atom stereocenters. The molecule has 0 aliphatic carbocycles. The number of carbonyl (C=O) groups excluding carboxylic acids is 2. The first-order valence-electron chi connectivity index (χ1n) is 7.13. The molecule has 1 aliphatic heterocycles. The predicted molar refractivity (Wildman–Crippen MR) is 78.7 cm³/mol. The number of anilines is 1. The van der Waals surface area contributed by atoms with E-state index in [4.69, 9.17) is 0 Å². The van der Waals surface area contributed by atoms with Gasteiger partial charge in [0.1, 0.15) is 0 Å². The molecule has 0 bridgehead atoms. The normalized spacial score (nSPS) is 17.8. The molecule has 0 spiro atoms. The van der Waals surface area contributed by atoms with Gasteiger partial charge in [-0.1, -0.05) is 6.92 Å². The van der Waals surface area contributed by atoms with E-state index in [0.29, 0.717) is 12.1 Å². The van der Waals surface area contributed by atoms with Gasteiger partial charge in [0.15, 0.2) is 0 Å². The van der Waals surface area contributed by atoms with Crippen LogP contribution in [0.2, 0.25) is 0 Å². The minimum absolute atomic E-state index is 0.00863. The lowest BCUT2D eigenvalue weighted by Gasteiger charge is -2.11. The van der Waals surface area contributed by atoms with Gasteiger partial charge in [0, 0.05) is 17.8 Å².